The van der Waals surface area contributed by atoms with E-state index in [1.807, 2.05) is 11.3 Å². The van der Waals surface area contributed by atoms with Gasteiger partial charge in [-0.2, -0.15) is 0 Å². The Morgan fingerprint density at radius 1 is 0.419 bits per heavy atom. The van der Waals surface area contributed by atoms with E-state index in [2.05, 4.69) is 121 Å². The lowest BCUT2D eigenvalue weighted by atomic mass is 9.86. The molecule has 0 radical (unpaired) electrons. The minimum absolute atomic E-state index is 1.26. The molecule has 1 heterocycles. The smallest absolute Gasteiger partial charge is 0.0440 e. The molecule has 0 bridgehead atoms. The maximum Gasteiger partial charge on any atom is 0.0440 e. The molecule has 0 unspecified atom stereocenters. The fraction of sp³-hybridized carbons (Fsp3) is 0. The van der Waals surface area contributed by atoms with E-state index >= 15 is 0 Å². The molecule has 6 aromatic rings. The second kappa shape index (κ2) is 7.54. The predicted octanol–water partition coefficient (Wildman–Crippen LogP) is 9.06. The summed E-state index contributed by atoms with van der Waals surface area (Å²) >= 11 is 1.85. The van der Waals surface area contributed by atoms with Crippen LogP contribution in [0.5, 0.6) is 0 Å². The molecule has 0 amide bonds. The van der Waals surface area contributed by atoms with Crippen LogP contribution in [-0.2, 0) is 0 Å². The minimum atomic E-state index is 1.26. The van der Waals surface area contributed by atoms with Crippen LogP contribution >= 0.6 is 11.3 Å². The van der Waals surface area contributed by atoms with Gasteiger partial charge in [-0.3, -0.25) is 0 Å². The Labute approximate surface area is 186 Å². The second-order valence-corrected chi connectivity index (χ2v) is 8.63. The van der Waals surface area contributed by atoms with Gasteiger partial charge in [0.05, 0.1) is 0 Å². The lowest BCUT2D eigenvalue weighted by molar-refractivity contribution is 1.64. The Morgan fingerprint density at radius 2 is 0.903 bits per heavy atom. The highest BCUT2D eigenvalue weighted by Crippen LogP contribution is 2.49. The van der Waals surface area contributed by atoms with Gasteiger partial charge >= 0.3 is 0 Å². The van der Waals surface area contributed by atoms with E-state index < -0.39 is 0 Å². The number of fused-ring (bicyclic) bond motifs is 3. The first-order chi connectivity index (χ1) is 15.4. The Morgan fingerprint density at radius 3 is 1.52 bits per heavy atom. The summed E-state index contributed by atoms with van der Waals surface area (Å²) in [5.74, 6) is 0. The van der Waals surface area contributed by atoms with Crippen molar-refractivity contribution in [2.75, 3.05) is 0 Å². The summed E-state index contributed by atoms with van der Waals surface area (Å²) in [5, 5.41) is 6.30. The summed E-state index contributed by atoms with van der Waals surface area (Å²) in [6.45, 7) is 0. The van der Waals surface area contributed by atoms with Crippen molar-refractivity contribution in [1.29, 1.82) is 0 Å². The van der Waals surface area contributed by atoms with Gasteiger partial charge in [-0.15, -0.1) is 11.3 Å². The molecule has 0 N–H and O–H groups in total. The predicted molar refractivity (Wildman–Crippen MR) is 136 cm³/mol. The Balaban J connectivity index is 1.84. The molecule has 0 saturated carbocycles. The third-order valence-corrected chi connectivity index (χ3v) is 6.94. The van der Waals surface area contributed by atoms with Crippen LogP contribution in [0.1, 0.15) is 0 Å². The van der Waals surface area contributed by atoms with Crippen molar-refractivity contribution >= 4 is 32.2 Å². The van der Waals surface area contributed by atoms with E-state index in [4.69, 9.17) is 0 Å². The average molecular weight is 413 g/mol. The topological polar surface area (TPSA) is 0 Å². The van der Waals surface area contributed by atoms with Crippen LogP contribution in [0.2, 0.25) is 0 Å². The van der Waals surface area contributed by atoms with E-state index in [0.29, 0.717) is 0 Å². The van der Waals surface area contributed by atoms with Gasteiger partial charge in [-0.25, -0.2) is 0 Å². The van der Waals surface area contributed by atoms with Crippen molar-refractivity contribution < 1.29 is 0 Å². The number of benzene rings is 5. The second-order valence-electron chi connectivity index (χ2n) is 7.75. The third kappa shape index (κ3) is 2.98. The monoisotopic (exact) mass is 412 g/mol. The summed E-state index contributed by atoms with van der Waals surface area (Å²) in [5.41, 5.74) is 7.75. The molecule has 5 aromatic carbocycles. The molecule has 6 rings (SSSR count). The van der Waals surface area contributed by atoms with E-state index in [9.17, 15) is 0 Å². The molecular weight excluding hydrogens is 392 g/mol. The molecule has 0 fully saturated rings. The Bertz CT molecular complexity index is 1490. The van der Waals surface area contributed by atoms with Gasteiger partial charge in [-0.05, 0) is 38.4 Å². The van der Waals surface area contributed by atoms with Crippen molar-refractivity contribution in [1.82, 2.24) is 0 Å². The van der Waals surface area contributed by atoms with Crippen LogP contribution in [0.3, 0.4) is 0 Å². The molecule has 0 aliphatic heterocycles. The fourth-order valence-corrected chi connectivity index (χ4v) is 5.76. The van der Waals surface area contributed by atoms with Crippen LogP contribution < -0.4 is 0 Å². The molecule has 31 heavy (non-hydrogen) atoms. The van der Waals surface area contributed by atoms with Gasteiger partial charge in [-0.1, -0.05) is 115 Å². The highest BCUT2D eigenvalue weighted by molar-refractivity contribution is 7.18. The lowest BCUT2D eigenvalue weighted by Gasteiger charge is -2.17. The highest BCUT2D eigenvalue weighted by atomic mass is 32.1. The summed E-state index contributed by atoms with van der Waals surface area (Å²) in [6, 6.07) is 41.3. The van der Waals surface area contributed by atoms with Crippen molar-refractivity contribution in [3.63, 3.8) is 0 Å². The Hall–Kier alpha value is -3.68. The van der Waals surface area contributed by atoms with Gasteiger partial charge in [0.25, 0.3) is 0 Å². The number of thiophene rings is 1. The van der Waals surface area contributed by atoms with Crippen LogP contribution in [0.15, 0.2) is 121 Å². The van der Waals surface area contributed by atoms with E-state index in [-0.39, 0.29) is 0 Å². The normalized spacial score (nSPS) is 11.2. The number of hydrogen-bond acceptors (Lipinski definition) is 1. The minimum Gasteiger partial charge on any atom is -0.142 e. The molecule has 0 atom stereocenters. The van der Waals surface area contributed by atoms with Gasteiger partial charge < -0.3 is 0 Å². The van der Waals surface area contributed by atoms with E-state index in [1.165, 1.54) is 54.2 Å². The zero-order chi connectivity index (χ0) is 20.6. The highest BCUT2D eigenvalue weighted by Gasteiger charge is 2.20. The maximum absolute atomic E-state index is 2.33. The zero-order valence-corrected chi connectivity index (χ0v) is 17.8. The molecule has 0 aliphatic rings. The van der Waals surface area contributed by atoms with Crippen LogP contribution in [-0.4, -0.2) is 0 Å². The van der Waals surface area contributed by atoms with Crippen LogP contribution in [0.4, 0.5) is 0 Å². The molecule has 0 saturated heterocycles. The molecule has 1 aromatic heterocycles. The van der Waals surface area contributed by atoms with Crippen molar-refractivity contribution in [2.24, 2.45) is 0 Å². The van der Waals surface area contributed by atoms with Gasteiger partial charge in [0.2, 0.25) is 0 Å². The zero-order valence-electron chi connectivity index (χ0n) is 17.0. The largest absolute Gasteiger partial charge is 0.142 e. The number of hydrogen-bond donors (Lipinski definition) is 0. The van der Waals surface area contributed by atoms with Crippen molar-refractivity contribution in [3.8, 4) is 33.4 Å². The van der Waals surface area contributed by atoms with Crippen molar-refractivity contribution in [2.45, 2.75) is 0 Å². The molecule has 146 valence electrons. The van der Waals surface area contributed by atoms with Gasteiger partial charge in [0.1, 0.15) is 0 Å². The first kappa shape index (κ1) is 18.1. The summed E-state index contributed by atoms with van der Waals surface area (Å²) in [6.07, 6.45) is 0. The van der Waals surface area contributed by atoms with E-state index in [1.54, 1.807) is 0 Å². The quantitative estimate of drug-likeness (QED) is 0.272. The molecule has 0 nitrogen and oxygen atoms in total. The SMILES string of the molecule is c1ccc(-c2c(-c3ccccc3)c3scc(-c4ccccc4)c3c3ccccc23)cc1. The molecule has 0 spiro atoms. The number of rotatable bonds is 3. The fourth-order valence-electron chi connectivity index (χ4n) is 4.59. The summed E-state index contributed by atoms with van der Waals surface area (Å²) < 4.78 is 1.35. The maximum atomic E-state index is 2.33. The van der Waals surface area contributed by atoms with Crippen molar-refractivity contribution in [3.05, 3.63) is 121 Å². The lowest BCUT2D eigenvalue weighted by Crippen LogP contribution is -1.90. The third-order valence-electron chi connectivity index (χ3n) is 5.94. The molecular formula is C30H20S. The average Bonchev–Trinajstić information content (AvgIpc) is 3.30. The van der Waals surface area contributed by atoms with E-state index in [0.717, 1.165) is 0 Å². The van der Waals surface area contributed by atoms with Gasteiger partial charge in [0, 0.05) is 21.2 Å². The van der Waals surface area contributed by atoms with Crippen LogP contribution in [0, 0.1) is 0 Å². The summed E-state index contributed by atoms with van der Waals surface area (Å²) in [4.78, 5) is 0. The van der Waals surface area contributed by atoms with Gasteiger partial charge in [0.15, 0.2) is 0 Å². The summed E-state index contributed by atoms with van der Waals surface area (Å²) in [7, 11) is 0. The Kier molecular flexibility index (Phi) is 4.40. The van der Waals surface area contributed by atoms with Crippen LogP contribution in [0.25, 0.3) is 54.2 Å². The molecule has 1 heteroatoms. The molecule has 0 aliphatic carbocycles. The standard InChI is InChI=1S/C30H20S/c1-4-12-21(13-5-1)26-20-31-30-28(23-16-8-3-9-17-23)27(22-14-6-2-7-15-22)24-18-10-11-19-25(24)29(26)30/h1-20H. The first-order valence-corrected chi connectivity index (χ1v) is 11.4. The first-order valence-electron chi connectivity index (χ1n) is 10.5.